The molecule has 0 aromatic rings. The number of esters is 1. The van der Waals surface area contributed by atoms with Gasteiger partial charge in [0.1, 0.15) is 0 Å². The fraction of sp³-hybridized carbons (Fsp3) is 0.615. The summed E-state index contributed by atoms with van der Waals surface area (Å²) in [5.41, 5.74) is 1.07. The molecule has 0 aromatic carbocycles. The van der Waals surface area contributed by atoms with Gasteiger partial charge < -0.3 is 4.74 Å². The highest BCUT2D eigenvalue weighted by molar-refractivity contribution is 5.69. The minimum Gasteiger partial charge on any atom is -0.435 e. The molecule has 0 saturated heterocycles. The molecule has 2 nitrogen and oxygen atoms in total. The number of carbonyl (C=O) groups excluding carboxylic acids is 1. The highest BCUT2D eigenvalue weighted by Crippen LogP contribution is 2.06. The molecule has 0 aromatic heterocycles. The largest absolute Gasteiger partial charge is 0.435 e. The Morgan fingerprint density at radius 1 is 1.40 bits per heavy atom. The topological polar surface area (TPSA) is 26.3 Å². The van der Waals surface area contributed by atoms with Crippen LogP contribution in [0.15, 0.2) is 24.0 Å². The first-order chi connectivity index (χ1) is 7.10. The van der Waals surface area contributed by atoms with E-state index in [1.807, 2.05) is 6.92 Å². The smallest absolute Gasteiger partial charge is 0.310 e. The third kappa shape index (κ3) is 7.98. The van der Waals surface area contributed by atoms with Crippen molar-refractivity contribution in [1.82, 2.24) is 0 Å². The van der Waals surface area contributed by atoms with Gasteiger partial charge in [0.25, 0.3) is 0 Å². The molecule has 1 unspecified atom stereocenters. The summed E-state index contributed by atoms with van der Waals surface area (Å²) < 4.78 is 4.90. The Labute approximate surface area is 93.0 Å². The minimum absolute atomic E-state index is 0.180. The lowest BCUT2D eigenvalue weighted by Crippen LogP contribution is -1.96. The lowest BCUT2D eigenvalue weighted by molar-refractivity contribution is -0.137. The Hall–Kier alpha value is -1.05. The highest BCUT2D eigenvalue weighted by atomic mass is 16.5. The molecule has 0 aliphatic carbocycles. The third-order valence-electron chi connectivity index (χ3n) is 2.23. The van der Waals surface area contributed by atoms with Gasteiger partial charge >= 0.3 is 5.97 Å². The van der Waals surface area contributed by atoms with Crippen molar-refractivity contribution in [1.29, 1.82) is 0 Å². The number of rotatable bonds is 6. The molecule has 0 rings (SSSR count). The van der Waals surface area contributed by atoms with Gasteiger partial charge in [0.05, 0.1) is 6.26 Å². The van der Waals surface area contributed by atoms with Gasteiger partial charge in [-0.3, -0.25) is 4.79 Å². The van der Waals surface area contributed by atoms with E-state index < -0.39 is 0 Å². The van der Waals surface area contributed by atoms with Crippen molar-refractivity contribution < 1.29 is 9.53 Å². The second-order valence-corrected chi connectivity index (χ2v) is 3.83. The summed E-state index contributed by atoms with van der Waals surface area (Å²) >= 11 is 0. The number of ether oxygens (including phenoxy) is 1. The number of allylic oxidation sites excluding steroid dienone is 3. The van der Waals surface area contributed by atoms with E-state index in [9.17, 15) is 4.79 Å². The Morgan fingerprint density at radius 2 is 2.07 bits per heavy atom. The van der Waals surface area contributed by atoms with Crippen LogP contribution in [0.3, 0.4) is 0 Å². The minimum atomic E-state index is -0.180. The molecule has 0 radical (unpaired) electrons. The lowest BCUT2D eigenvalue weighted by Gasteiger charge is -2.00. The fourth-order valence-electron chi connectivity index (χ4n) is 0.920. The van der Waals surface area contributed by atoms with Crippen LogP contribution in [-0.2, 0) is 9.53 Å². The van der Waals surface area contributed by atoms with Gasteiger partial charge in [0.2, 0.25) is 0 Å². The van der Waals surface area contributed by atoms with Crippen molar-refractivity contribution in [3.05, 3.63) is 24.0 Å². The number of hydrogen-bond donors (Lipinski definition) is 0. The average molecular weight is 210 g/mol. The summed E-state index contributed by atoms with van der Waals surface area (Å²) in [5, 5.41) is 0. The zero-order valence-corrected chi connectivity index (χ0v) is 10.2. The molecular weight excluding hydrogens is 188 g/mol. The van der Waals surface area contributed by atoms with Crippen LogP contribution < -0.4 is 0 Å². The first kappa shape index (κ1) is 13.9. The van der Waals surface area contributed by atoms with Gasteiger partial charge in [-0.25, -0.2) is 0 Å². The van der Waals surface area contributed by atoms with Gasteiger partial charge in [-0.2, -0.15) is 0 Å². The van der Waals surface area contributed by atoms with Gasteiger partial charge in [-0.05, 0) is 24.8 Å². The fourth-order valence-corrected chi connectivity index (χ4v) is 0.920. The molecule has 0 amide bonds. The van der Waals surface area contributed by atoms with E-state index in [1.165, 1.54) is 0 Å². The molecule has 0 aliphatic rings. The van der Waals surface area contributed by atoms with Crippen molar-refractivity contribution in [2.75, 3.05) is 0 Å². The van der Waals surface area contributed by atoms with Crippen molar-refractivity contribution in [3.8, 4) is 0 Å². The molecule has 0 spiro atoms. The monoisotopic (exact) mass is 210 g/mol. The Kier molecular flexibility index (Phi) is 7.69. The molecule has 0 heterocycles. The second kappa shape index (κ2) is 8.27. The van der Waals surface area contributed by atoms with Crippen molar-refractivity contribution in [2.24, 2.45) is 5.92 Å². The van der Waals surface area contributed by atoms with E-state index in [0.29, 0.717) is 12.3 Å². The second-order valence-electron chi connectivity index (χ2n) is 3.83. The van der Waals surface area contributed by atoms with E-state index in [-0.39, 0.29) is 5.97 Å². The standard InChI is InChI=1S/C13H22O2/c1-5-11(3)8-7-9-12(4)10-15-13(14)6-2/h7-8,10-11H,5-6,9H2,1-4H3/b8-7+,12-10+. The normalized spacial score (nSPS) is 14.3. The van der Waals surface area contributed by atoms with E-state index in [2.05, 4.69) is 26.0 Å². The zero-order chi connectivity index (χ0) is 11.7. The summed E-state index contributed by atoms with van der Waals surface area (Å²) in [6.07, 6.45) is 8.30. The van der Waals surface area contributed by atoms with E-state index in [0.717, 1.165) is 18.4 Å². The molecular formula is C13H22O2. The predicted octanol–water partition coefficient (Wildman–Crippen LogP) is 3.84. The van der Waals surface area contributed by atoms with Crippen LogP contribution in [0.25, 0.3) is 0 Å². The van der Waals surface area contributed by atoms with Crippen LogP contribution in [0.4, 0.5) is 0 Å². The van der Waals surface area contributed by atoms with Crippen LogP contribution in [-0.4, -0.2) is 5.97 Å². The van der Waals surface area contributed by atoms with Gasteiger partial charge in [-0.1, -0.05) is 39.3 Å². The summed E-state index contributed by atoms with van der Waals surface area (Å²) in [6, 6.07) is 0. The summed E-state index contributed by atoms with van der Waals surface area (Å²) in [6.45, 7) is 8.10. The Balaban J connectivity index is 3.87. The van der Waals surface area contributed by atoms with Crippen molar-refractivity contribution in [2.45, 2.75) is 47.0 Å². The maximum atomic E-state index is 10.9. The number of hydrogen-bond acceptors (Lipinski definition) is 2. The first-order valence-electron chi connectivity index (χ1n) is 5.61. The predicted molar refractivity (Wildman–Crippen MR) is 63.4 cm³/mol. The van der Waals surface area contributed by atoms with Crippen molar-refractivity contribution >= 4 is 5.97 Å². The maximum absolute atomic E-state index is 10.9. The molecule has 0 fully saturated rings. The zero-order valence-electron chi connectivity index (χ0n) is 10.2. The van der Waals surface area contributed by atoms with Crippen LogP contribution >= 0.6 is 0 Å². The molecule has 0 saturated carbocycles. The van der Waals surface area contributed by atoms with Crippen LogP contribution in [0.2, 0.25) is 0 Å². The van der Waals surface area contributed by atoms with Gasteiger partial charge in [0, 0.05) is 6.42 Å². The molecule has 1 atom stereocenters. The molecule has 2 heteroatoms. The van der Waals surface area contributed by atoms with Crippen LogP contribution in [0.1, 0.15) is 47.0 Å². The molecule has 0 N–H and O–H groups in total. The molecule has 86 valence electrons. The van der Waals surface area contributed by atoms with E-state index in [4.69, 9.17) is 4.74 Å². The Morgan fingerprint density at radius 3 is 2.60 bits per heavy atom. The van der Waals surface area contributed by atoms with E-state index in [1.54, 1.807) is 13.2 Å². The summed E-state index contributed by atoms with van der Waals surface area (Å²) in [4.78, 5) is 10.9. The van der Waals surface area contributed by atoms with Crippen LogP contribution in [0, 0.1) is 5.92 Å². The summed E-state index contributed by atoms with van der Waals surface area (Å²) in [5.74, 6) is 0.441. The number of carbonyl (C=O) groups is 1. The quantitative estimate of drug-likeness (QED) is 0.378. The average Bonchev–Trinajstić information content (AvgIpc) is 2.25. The van der Waals surface area contributed by atoms with Crippen molar-refractivity contribution in [3.63, 3.8) is 0 Å². The van der Waals surface area contributed by atoms with Gasteiger partial charge in [-0.15, -0.1) is 0 Å². The van der Waals surface area contributed by atoms with Crippen LogP contribution in [0.5, 0.6) is 0 Å². The highest BCUT2D eigenvalue weighted by Gasteiger charge is 1.95. The maximum Gasteiger partial charge on any atom is 0.310 e. The van der Waals surface area contributed by atoms with E-state index >= 15 is 0 Å². The third-order valence-corrected chi connectivity index (χ3v) is 2.23. The molecule has 0 aliphatic heterocycles. The SMILES string of the molecule is CCC(=O)O/C=C(\C)C/C=C/C(C)CC. The molecule has 15 heavy (non-hydrogen) atoms. The Bertz CT molecular complexity index is 239. The molecule has 0 bridgehead atoms. The first-order valence-corrected chi connectivity index (χ1v) is 5.61. The lowest BCUT2D eigenvalue weighted by atomic mass is 10.1. The van der Waals surface area contributed by atoms with Gasteiger partial charge in [0.15, 0.2) is 0 Å². The summed E-state index contributed by atoms with van der Waals surface area (Å²) in [7, 11) is 0.